The van der Waals surface area contributed by atoms with E-state index in [2.05, 4.69) is 20.8 Å². The summed E-state index contributed by atoms with van der Waals surface area (Å²) in [7, 11) is 1.47. The minimum atomic E-state index is -0.518. The van der Waals surface area contributed by atoms with Gasteiger partial charge in [-0.1, -0.05) is 30.0 Å². The van der Waals surface area contributed by atoms with E-state index in [9.17, 15) is 9.59 Å². The molecule has 1 aromatic carbocycles. The second-order valence-corrected chi connectivity index (χ2v) is 6.92. The summed E-state index contributed by atoms with van der Waals surface area (Å²) >= 11 is 1.29. The number of aromatic nitrogens is 3. The Morgan fingerprint density at radius 2 is 1.96 bits per heavy atom. The maximum atomic E-state index is 12.1. The molecular weight excluding hydrogens is 326 g/mol. The monoisotopic (exact) mass is 345 g/mol. The first kappa shape index (κ1) is 16.5. The van der Waals surface area contributed by atoms with Gasteiger partial charge in [0.1, 0.15) is 5.82 Å². The summed E-state index contributed by atoms with van der Waals surface area (Å²) in [5, 5.41) is 13.4. The first-order chi connectivity index (χ1) is 11.6. The Bertz CT molecular complexity index is 742. The fourth-order valence-corrected chi connectivity index (χ4v) is 3.15. The lowest BCUT2D eigenvalue weighted by atomic mass is 10.3. The standard InChI is InChI=1S/C16H19N5O2S/c1-10(14(22)18-15(23)17-2)24-16-20-19-13(11-8-9-11)21(16)12-6-4-3-5-7-12/h3-7,10-11H,8-9H2,1-2H3,(H2,17,18,22,23). The Morgan fingerprint density at radius 1 is 1.25 bits per heavy atom. The van der Waals surface area contributed by atoms with Gasteiger partial charge >= 0.3 is 6.03 Å². The van der Waals surface area contributed by atoms with Crippen LogP contribution in [0.15, 0.2) is 35.5 Å². The van der Waals surface area contributed by atoms with Crippen LogP contribution in [0.2, 0.25) is 0 Å². The Balaban J connectivity index is 1.83. The average Bonchev–Trinajstić information content (AvgIpc) is 3.36. The van der Waals surface area contributed by atoms with Gasteiger partial charge in [-0.05, 0) is 31.9 Å². The molecule has 1 atom stereocenters. The van der Waals surface area contributed by atoms with Crippen LogP contribution in [0.1, 0.15) is 31.5 Å². The molecular formula is C16H19N5O2S. The van der Waals surface area contributed by atoms with Gasteiger partial charge in [0.05, 0.1) is 5.25 Å². The predicted octanol–water partition coefficient (Wildman–Crippen LogP) is 2.08. The zero-order valence-electron chi connectivity index (χ0n) is 13.5. The van der Waals surface area contributed by atoms with Crippen LogP contribution < -0.4 is 10.6 Å². The van der Waals surface area contributed by atoms with E-state index < -0.39 is 11.3 Å². The van der Waals surface area contributed by atoms with Crippen LogP contribution in [-0.2, 0) is 4.79 Å². The molecule has 2 N–H and O–H groups in total. The molecule has 1 aromatic heterocycles. The minimum Gasteiger partial charge on any atom is -0.341 e. The molecule has 1 fully saturated rings. The third-order valence-corrected chi connectivity index (χ3v) is 4.77. The number of carbonyl (C=O) groups is 2. The summed E-state index contributed by atoms with van der Waals surface area (Å²) in [6.45, 7) is 1.74. The number of imide groups is 1. The number of amides is 3. The molecule has 0 bridgehead atoms. The Morgan fingerprint density at radius 3 is 2.58 bits per heavy atom. The molecule has 3 amide bonds. The summed E-state index contributed by atoms with van der Waals surface area (Å²) in [6.07, 6.45) is 2.23. The van der Waals surface area contributed by atoms with Gasteiger partial charge in [-0.25, -0.2) is 4.79 Å². The number of rotatable bonds is 5. The van der Waals surface area contributed by atoms with E-state index in [1.807, 2.05) is 34.9 Å². The first-order valence-electron chi connectivity index (χ1n) is 7.80. The number of benzene rings is 1. The molecule has 3 rings (SSSR count). The Kier molecular flexibility index (Phi) is 4.84. The van der Waals surface area contributed by atoms with Gasteiger partial charge in [0.2, 0.25) is 5.91 Å². The molecule has 2 aromatic rings. The third kappa shape index (κ3) is 3.59. The number of para-hydroxylation sites is 1. The SMILES string of the molecule is CNC(=O)NC(=O)C(C)Sc1nnc(C2CC2)n1-c1ccccc1. The van der Waals surface area contributed by atoms with Crippen molar-refractivity contribution in [2.45, 2.75) is 36.1 Å². The fraction of sp³-hybridized carbons (Fsp3) is 0.375. The highest BCUT2D eigenvalue weighted by Crippen LogP contribution is 2.41. The lowest BCUT2D eigenvalue weighted by Crippen LogP contribution is -2.41. The minimum absolute atomic E-state index is 0.366. The quantitative estimate of drug-likeness (QED) is 0.810. The van der Waals surface area contributed by atoms with Crippen LogP contribution in [0.4, 0.5) is 4.79 Å². The number of hydrogen-bond donors (Lipinski definition) is 2. The molecule has 0 aliphatic heterocycles. The van der Waals surface area contributed by atoms with Crippen LogP contribution >= 0.6 is 11.8 Å². The Hall–Kier alpha value is -2.35. The third-order valence-electron chi connectivity index (χ3n) is 3.73. The van der Waals surface area contributed by atoms with Gasteiger partial charge in [0, 0.05) is 18.7 Å². The van der Waals surface area contributed by atoms with E-state index >= 15 is 0 Å². The smallest absolute Gasteiger partial charge is 0.321 e. The van der Waals surface area contributed by atoms with Crippen molar-refractivity contribution in [3.63, 3.8) is 0 Å². The number of nitrogens with zero attached hydrogens (tertiary/aromatic N) is 3. The van der Waals surface area contributed by atoms with Gasteiger partial charge in [0.15, 0.2) is 5.16 Å². The molecule has 1 aliphatic rings. The van der Waals surface area contributed by atoms with Crippen LogP contribution in [0.3, 0.4) is 0 Å². The van der Waals surface area contributed by atoms with Crippen molar-refractivity contribution in [1.82, 2.24) is 25.4 Å². The van der Waals surface area contributed by atoms with Gasteiger partial charge in [-0.3, -0.25) is 14.7 Å². The maximum absolute atomic E-state index is 12.1. The van der Waals surface area contributed by atoms with E-state index in [1.54, 1.807) is 6.92 Å². The van der Waals surface area contributed by atoms with Gasteiger partial charge < -0.3 is 5.32 Å². The van der Waals surface area contributed by atoms with E-state index in [0.717, 1.165) is 24.4 Å². The summed E-state index contributed by atoms with van der Waals surface area (Å²) in [6, 6.07) is 9.35. The molecule has 126 valence electrons. The van der Waals surface area contributed by atoms with Crippen LogP contribution in [0.25, 0.3) is 5.69 Å². The highest BCUT2D eigenvalue weighted by Gasteiger charge is 2.32. The number of nitrogens with one attached hydrogen (secondary N) is 2. The molecule has 0 radical (unpaired) electrons. The second kappa shape index (κ2) is 7.04. The Labute approximate surface area is 144 Å². The molecule has 24 heavy (non-hydrogen) atoms. The van der Waals surface area contributed by atoms with Gasteiger partial charge in [-0.2, -0.15) is 0 Å². The largest absolute Gasteiger partial charge is 0.341 e. The van der Waals surface area contributed by atoms with Crippen molar-refractivity contribution < 1.29 is 9.59 Å². The van der Waals surface area contributed by atoms with Crippen molar-refractivity contribution in [2.75, 3.05) is 7.05 Å². The van der Waals surface area contributed by atoms with Crippen molar-refractivity contribution in [3.05, 3.63) is 36.2 Å². The van der Waals surface area contributed by atoms with Gasteiger partial charge in [0.25, 0.3) is 0 Å². The van der Waals surface area contributed by atoms with E-state index in [-0.39, 0.29) is 5.91 Å². The normalized spacial score (nSPS) is 14.9. The maximum Gasteiger partial charge on any atom is 0.321 e. The molecule has 7 nitrogen and oxygen atoms in total. The van der Waals surface area contributed by atoms with Crippen LogP contribution in [0.5, 0.6) is 0 Å². The van der Waals surface area contributed by atoms with E-state index in [1.165, 1.54) is 18.8 Å². The van der Waals surface area contributed by atoms with E-state index in [0.29, 0.717) is 11.1 Å². The van der Waals surface area contributed by atoms with Crippen molar-refractivity contribution >= 4 is 23.7 Å². The number of carbonyl (C=O) groups excluding carboxylic acids is 2. The summed E-state index contributed by atoms with van der Waals surface area (Å²) in [5.41, 5.74) is 0.978. The number of urea groups is 1. The fourth-order valence-electron chi connectivity index (χ4n) is 2.27. The molecule has 1 aliphatic carbocycles. The summed E-state index contributed by atoms with van der Waals surface area (Å²) < 4.78 is 2.01. The molecule has 1 heterocycles. The lowest BCUT2D eigenvalue weighted by Gasteiger charge is -2.13. The topological polar surface area (TPSA) is 88.9 Å². The molecule has 0 spiro atoms. The first-order valence-corrected chi connectivity index (χ1v) is 8.68. The molecule has 1 unspecified atom stereocenters. The number of thioether (sulfide) groups is 1. The van der Waals surface area contributed by atoms with Crippen molar-refractivity contribution in [3.8, 4) is 5.69 Å². The average molecular weight is 345 g/mol. The second-order valence-electron chi connectivity index (χ2n) is 5.61. The van der Waals surface area contributed by atoms with Crippen molar-refractivity contribution in [2.24, 2.45) is 0 Å². The lowest BCUT2D eigenvalue weighted by molar-refractivity contribution is -0.119. The highest BCUT2D eigenvalue weighted by molar-refractivity contribution is 8.00. The summed E-state index contributed by atoms with van der Waals surface area (Å²) in [5.74, 6) is 1.000. The predicted molar refractivity (Wildman–Crippen MR) is 91.3 cm³/mol. The summed E-state index contributed by atoms with van der Waals surface area (Å²) in [4.78, 5) is 23.4. The zero-order valence-corrected chi connectivity index (χ0v) is 14.3. The number of hydrogen-bond acceptors (Lipinski definition) is 5. The zero-order chi connectivity index (χ0) is 17.1. The molecule has 0 saturated heterocycles. The van der Waals surface area contributed by atoms with Crippen molar-refractivity contribution in [1.29, 1.82) is 0 Å². The molecule has 1 saturated carbocycles. The van der Waals surface area contributed by atoms with Crippen LogP contribution in [0, 0.1) is 0 Å². The van der Waals surface area contributed by atoms with Gasteiger partial charge in [-0.15, -0.1) is 10.2 Å². The van der Waals surface area contributed by atoms with Crippen LogP contribution in [-0.4, -0.2) is 39.0 Å². The van der Waals surface area contributed by atoms with E-state index in [4.69, 9.17) is 0 Å². The molecule has 8 heteroatoms. The highest BCUT2D eigenvalue weighted by atomic mass is 32.2.